The molecular weight excluding hydrogens is 374 g/mol. The van der Waals surface area contributed by atoms with E-state index in [9.17, 15) is 4.79 Å². The highest BCUT2D eigenvalue weighted by molar-refractivity contribution is 8.00. The average Bonchev–Trinajstić information content (AvgIpc) is 3.12. The summed E-state index contributed by atoms with van der Waals surface area (Å²) >= 11 is 3.28. The highest BCUT2D eigenvalue weighted by Gasteiger charge is 2.13. The predicted octanol–water partition coefficient (Wildman–Crippen LogP) is 5.54. The van der Waals surface area contributed by atoms with Gasteiger partial charge in [-0.25, -0.2) is 4.98 Å². The summed E-state index contributed by atoms with van der Waals surface area (Å²) in [5, 5.41) is 6.05. The van der Waals surface area contributed by atoms with Gasteiger partial charge in [0.2, 0.25) is 0 Å². The van der Waals surface area contributed by atoms with Crippen molar-refractivity contribution in [2.75, 3.05) is 5.32 Å². The Kier molecular flexibility index (Phi) is 5.18. The molecule has 1 amide bonds. The predicted molar refractivity (Wildman–Crippen MR) is 113 cm³/mol. The van der Waals surface area contributed by atoms with Gasteiger partial charge in [-0.1, -0.05) is 48.2 Å². The van der Waals surface area contributed by atoms with E-state index in [1.807, 2.05) is 66.9 Å². The lowest BCUT2D eigenvalue weighted by atomic mass is 10.1. The number of hydrogen-bond acceptors (Lipinski definition) is 5. The van der Waals surface area contributed by atoms with E-state index in [-0.39, 0.29) is 5.91 Å². The fourth-order valence-corrected chi connectivity index (χ4v) is 4.65. The van der Waals surface area contributed by atoms with Crippen LogP contribution in [-0.2, 0) is 5.75 Å². The molecule has 0 aliphatic heterocycles. The lowest BCUT2D eigenvalue weighted by Crippen LogP contribution is -2.14. The maximum atomic E-state index is 12.9. The minimum Gasteiger partial charge on any atom is -0.320 e. The SMILES string of the molecule is Cc1csc(SCc2ccccc2C(=O)Nc2cccc3cccnc23)n1. The molecule has 2 aromatic heterocycles. The van der Waals surface area contributed by atoms with Gasteiger partial charge >= 0.3 is 0 Å². The van der Waals surface area contributed by atoms with Gasteiger partial charge in [0.1, 0.15) is 4.34 Å². The second-order valence-corrected chi connectivity index (χ2v) is 8.12. The van der Waals surface area contributed by atoms with Crippen LogP contribution < -0.4 is 5.32 Å². The first-order valence-corrected chi connectivity index (χ1v) is 10.3. The molecule has 4 nitrogen and oxygen atoms in total. The van der Waals surface area contributed by atoms with E-state index in [1.165, 1.54) is 0 Å². The molecule has 0 aliphatic rings. The van der Waals surface area contributed by atoms with E-state index >= 15 is 0 Å². The van der Waals surface area contributed by atoms with Crippen molar-refractivity contribution in [1.82, 2.24) is 9.97 Å². The number of amides is 1. The van der Waals surface area contributed by atoms with Gasteiger partial charge < -0.3 is 5.32 Å². The summed E-state index contributed by atoms with van der Waals surface area (Å²) in [4.78, 5) is 21.8. The molecule has 0 spiro atoms. The number of nitrogens with one attached hydrogen (secondary N) is 1. The van der Waals surface area contributed by atoms with Gasteiger partial charge in [0, 0.05) is 34.0 Å². The molecule has 2 aromatic carbocycles. The van der Waals surface area contributed by atoms with Crippen LogP contribution in [0, 0.1) is 6.92 Å². The Bertz CT molecular complexity index is 1100. The minimum absolute atomic E-state index is 0.125. The van der Waals surface area contributed by atoms with Crippen LogP contribution in [0.15, 0.2) is 70.5 Å². The molecule has 0 fully saturated rings. The number of aromatic nitrogens is 2. The van der Waals surface area contributed by atoms with Gasteiger partial charge in [-0.15, -0.1) is 11.3 Å². The fraction of sp³-hybridized carbons (Fsp3) is 0.0952. The van der Waals surface area contributed by atoms with Crippen LogP contribution in [0.4, 0.5) is 5.69 Å². The number of anilines is 1. The van der Waals surface area contributed by atoms with Gasteiger partial charge in [0.15, 0.2) is 0 Å². The number of pyridine rings is 1. The fourth-order valence-electron chi connectivity index (χ4n) is 2.80. The Morgan fingerprint density at radius 1 is 1.11 bits per heavy atom. The van der Waals surface area contributed by atoms with Crippen molar-refractivity contribution < 1.29 is 4.79 Å². The van der Waals surface area contributed by atoms with E-state index in [1.54, 1.807) is 29.3 Å². The number of nitrogens with zero attached hydrogens (tertiary/aromatic N) is 2. The van der Waals surface area contributed by atoms with Gasteiger partial charge in [-0.3, -0.25) is 9.78 Å². The normalized spacial score (nSPS) is 10.9. The molecule has 27 heavy (non-hydrogen) atoms. The quantitative estimate of drug-likeness (QED) is 0.454. The van der Waals surface area contributed by atoms with Gasteiger partial charge in [-0.2, -0.15) is 0 Å². The molecule has 0 saturated heterocycles. The first-order chi connectivity index (χ1) is 13.2. The molecule has 1 N–H and O–H groups in total. The third kappa shape index (κ3) is 4.02. The van der Waals surface area contributed by atoms with Crippen LogP contribution >= 0.6 is 23.1 Å². The van der Waals surface area contributed by atoms with Crippen molar-refractivity contribution in [1.29, 1.82) is 0 Å². The zero-order valence-electron chi connectivity index (χ0n) is 14.7. The Hall–Kier alpha value is -2.70. The molecule has 4 rings (SSSR count). The molecule has 0 unspecified atom stereocenters. The first kappa shape index (κ1) is 17.7. The summed E-state index contributed by atoms with van der Waals surface area (Å²) in [6, 6.07) is 17.4. The maximum absolute atomic E-state index is 12.9. The zero-order chi connectivity index (χ0) is 18.6. The molecule has 0 radical (unpaired) electrons. The van der Waals surface area contributed by atoms with Crippen LogP contribution in [0.1, 0.15) is 21.6 Å². The number of benzene rings is 2. The second kappa shape index (κ2) is 7.90. The number of para-hydroxylation sites is 1. The van der Waals surface area contributed by atoms with Crippen molar-refractivity contribution >= 4 is 45.6 Å². The Morgan fingerprint density at radius 3 is 2.81 bits per heavy atom. The second-order valence-electron chi connectivity index (χ2n) is 6.04. The Labute approximate surface area is 165 Å². The number of rotatable bonds is 5. The van der Waals surface area contributed by atoms with Crippen LogP contribution in [-0.4, -0.2) is 15.9 Å². The standard InChI is InChI=1S/C21H17N3OS2/c1-14-12-26-21(23-14)27-13-16-6-2-3-9-17(16)20(25)24-18-10-4-7-15-8-5-11-22-19(15)18/h2-12H,13H2,1H3,(H,24,25). The third-order valence-corrected chi connectivity index (χ3v) is 6.28. The van der Waals surface area contributed by atoms with Crippen molar-refractivity contribution in [3.05, 3.63) is 83.0 Å². The zero-order valence-corrected chi connectivity index (χ0v) is 16.3. The maximum Gasteiger partial charge on any atom is 0.256 e. The van der Waals surface area contributed by atoms with Crippen LogP contribution in [0.5, 0.6) is 0 Å². The van der Waals surface area contributed by atoms with E-state index in [4.69, 9.17) is 0 Å². The van der Waals surface area contributed by atoms with E-state index in [2.05, 4.69) is 15.3 Å². The van der Waals surface area contributed by atoms with Gasteiger partial charge in [0.25, 0.3) is 5.91 Å². The van der Waals surface area contributed by atoms with E-state index in [0.29, 0.717) is 11.3 Å². The number of hydrogen-bond donors (Lipinski definition) is 1. The number of carbonyl (C=O) groups excluding carboxylic acids is 1. The Morgan fingerprint density at radius 2 is 1.96 bits per heavy atom. The summed E-state index contributed by atoms with van der Waals surface area (Å²) in [5.41, 5.74) is 4.19. The first-order valence-electron chi connectivity index (χ1n) is 8.48. The number of aryl methyl sites for hydroxylation is 1. The molecule has 6 heteroatoms. The number of fused-ring (bicyclic) bond motifs is 1. The summed E-state index contributed by atoms with van der Waals surface area (Å²) in [6.07, 6.45) is 1.73. The minimum atomic E-state index is -0.125. The van der Waals surface area contributed by atoms with E-state index in [0.717, 1.165) is 32.2 Å². The monoisotopic (exact) mass is 391 g/mol. The summed E-state index contributed by atoms with van der Waals surface area (Å²) < 4.78 is 1.01. The highest BCUT2D eigenvalue weighted by Crippen LogP contribution is 2.28. The lowest BCUT2D eigenvalue weighted by molar-refractivity contribution is 0.102. The average molecular weight is 392 g/mol. The Balaban J connectivity index is 1.56. The summed E-state index contributed by atoms with van der Waals surface area (Å²) in [5.74, 6) is 0.573. The third-order valence-electron chi connectivity index (χ3n) is 4.09. The van der Waals surface area contributed by atoms with Crippen LogP contribution in [0.2, 0.25) is 0 Å². The molecule has 134 valence electrons. The van der Waals surface area contributed by atoms with Crippen molar-refractivity contribution in [2.24, 2.45) is 0 Å². The topological polar surface area (TPSA) is 54.9 Å². The lowest BCUT2D eigenvalue weighted by Gasteiger charge is -2.11. The van der Waals surface area contributed by atoms with E-state index < -0.39 is 0 Å². The van der Waals surface area contributed by atoms with Gasteiger partial charge in [-0.05, 0) is 30.7 Å². The number of thiazole rings is 1. The van der Waals surface area contributed by atoms with Crippen LogP contribution in [0.3, 0.4) is 0 Å². The largest absolute Gasteiger partial charge is 0.320 e. The summed E-state index contributed by atoms with van der Waals surface area (Å²) in [7, 11) is 0. The number of carbonyl (C=O) groups is 1. The molecule has 0 bridgehead atoms. The molecule has 0 aliphatic carbocycles. The molecule has 0 atom stereocenters. The molecule has 2 heterocycles. The molecule has 4 aromatic rings. The smallest absolute Gasteiger partial charge is 0.256 e. The van der Waals surface area contributed by atoms with Crippen molar-refractivity contribution in [3.8, 4) is 0 Å². The molecular formula is C21H17N3OS2. The summed E-state index contributed by atoms with van der Waals surface area (Å²) in [6.45, 7) is 1.99. The van der Waals surface area contributed by atoms with Crippen LogP contribution in [0.25, 0.3) is 10.9 Å². The highest BCUT2D eigenvalue weighted by atomic mass is 32.2. The van der Waals surface area contributed by atoms with Crippen molar-refractivity contribution in [3.63, 3.8) is 0 Å². The number of thioether (sulfide) groups is 1. The van der Waals surface area contributed by atoms with Gasteiger partial charge in [0.05, 0.1) is 11.2 Å². The molecule has 0 saturated carbocycles. The van der Waals surface area contributed by atoms with Crippen molar-refractivity contribution in [2.45, 2.75) is 17.0 Å².